The van der Waals surface area contributed by atoms with Gasteiger partial charge < -0.3 is 19.3 Å². The van der Waals surface area contributed by atoms with Crippen molar-refractivity contribution >= 4 is 19.8 Å². The summed E-state index contributed by atoms with van der Waals surface area (Å²) in [5.41, 5.74) is 0. The SMILES string of the molecule is CC/C=C\C/C=C\C/C=C\C/C=C\C/C=C\CCCCCC(=O)OC(COC(=O)CCC/C=C\C/C=C\C/C=C\C/C=C\C/C=C\CC)COP(=O)(O)O. The van der Waals surface area contributed by atoms with Crippen molar-refractivity contribution in [3.63, 3.8) is 0 Å². The van der Waals surface area contributed by atoms with Gasteiger partial charge in [-0.1, -0.05) is 142 Å². The van der Waals surface area contributed by atoms with Crippen molar-refractivity contribution in [1.29, 1.82) is 0 Å². The summed E-state index contributed by atoms with van der Waals surface area (Å²) in [5.74, 6) is -1.01. The highest BCUT2D eigenvalue weighted by Gasteiger charge is 2.22. The maximum absolute atomic E-state index is 12.4. The maximum atomic E-state index is 12.4. The Bertz CT molecular complexity index is 1280. The van der Waals surface area contributed by atoms with Crippen molar-refractivity contribution in [3.8, 4) is 0 Å². The third-order valence-corrected chi connectivity index (χ3v) is 7.96. The third kappa shape index (κ3) is 41.2. The molecule has 0 aromatic heterocycles. The van der Waals surface area contributed by atoms with Crippen LogP contribution in [0.4, 0.5) is 0 Å². The number of esters is 2. The molecule has 9 heteroatoms. The molecule has 302 valence electrons. The molecule has 0 saturated heterocycles. The Labute approximate surface area is 327 Å². The number of carbonyl (C=O) groups excluding carboxylic acids is 2. The second-order valence-electron chi connectivity index (χ2n) is 12.5. The third-order valence-electron chi connectivity index (χ3n) is 7.48. The molecule has 0 spiro atoms. The van der Waals surface area contributed by atoms with Gasteiger partial charge in [-0.05, 0) is 96.3 Å². The highest BCUT2D eigenvalue weighted by atomic mass is 31.2. The van der Waals surface area contributed by atoms with E-state index in [1.165, 1.54) is 0 Å². The molecule has 0 saturated carbocycles. The Balaban J connectivity index is 4.15. The largest absolute Gasteiger partial charge is 0.469 e. The minimum Gasteiger partial charge on any atom is -0.462 e. The normalized spacial score (nSPS) is 13.8. The molecule has 54 heavy (non-hydrogen) atoms. The molecule has 0 aliphatic rings. The van der Waals surface area contributed by atoms with E-state index >= 15 is 0 Å². The van der Waals surface area contributed by atoms with Gasteiger partial charge >= 0.3 is 19.8 Å². The minimum atomic E-state index is -4.79. The summed E-state index contributed by atoms with van der Waals surface area (Å²) < 4.78 is 26.3. The molecule has 0 aromatic carbocycles. The van der Waals surface area contributed by atoms with E-state index < -0.39 is 32.5 Å². The van der Waals surface area contributed by atoms with Crippen molar-refractivity contribution in [2.24, 2.45) is 0 Å². The van der Waals surface area contributed by atoms with Gasteiger partial charge in [-0.15, -0.1) is 0 Å². The number of unbranched alkanes of at least 4 members (excludes halogenated alkanes) is 4. The van der Waals surface area contributed by atoms with Gasteiger partial charge in [0.05, 0.1) is 6.61 Å². The van der Waals surface area contributed by atoms with E-state index in [9.17, 15) is 14.2 Å². The molecular formula is C45H69O8P. The molecule has 0 heterocycles. The molecule has 0 amide bonds. The summed E-state index contributed by atoms with van der Waals surface area (Å²) in [6, 6.07) is 0. The number of carbonyl (C=O) groups is 2. The molecule has 0 bridgehead atoms. The van der Waals surface area contributed by atoms with Gasteiger partial charge in [0.1, 0.15) is 6.61 Å². The van der Waals surface area contributed by atoms with E-state index in [0.29, 0.717) is 19.3 Å². The smallest absolute Gasteiger partial charge is 0.462 e. The Morgan fingerprint density at radius 2 is 0.852 bits per heavy atom. The van der Waals surface area contributed by atoms with E-state index in [4.69, 9.17) is 19.3 Å². The second kappa shape index (κ2) is 39.2. The van der Waals surface area contributed by atoms with Crippen LogP contribution in [0.1, 0.15) is 129 Å². The average molecular weight is 769 g/mol. The quantitative estimate of drug-likeness (QED) is 0.0287. The van der Waals surface area contributed by atoms with Crippen molar-refractivity contribution < 1.29 is 37.9 Å². The van der Waals surface area contributed by atoms with Crippen molar-refractivity contribution in [3.05, 3.63) is 122 Å². The number of allylic oxidation sites excluding steroid dienone is 20. The Hall–Kier alpha value is -3.55. The molecular weight excluding hydrogens is 699 g/mol. The van der Waals surface area contributed by atoms with Crippen LogP contribution in [0.5, 0.6) is 0 Å². The standard InChI is InChI=1S/C45H69O8P/c1-3-5-7-9-11-13-15-17-19-21-22-24-26-28-30-32-34-36-38-40-45(47)53-43(42-52-54(48,49)50)41-51-44(46)39-37-35-33-31-29-27-25-23-20-18-16-14-12-10-8-6-4-2/h5-8,11-14,17-20,22,24-25,27-28,30-31,33,43H,3-4,9-10,15-16,21,23,26,29,32,34-42H2,1-2H3,(H2,48,49,50)/b7-5-,8-6-,13-11-,14-12-,19-17-,20-18-,24-22-,27-25-,30-28-,33-31-. The van der Waals surface area contributed by atoms with Crippen molar-refractivity contribution in [2.75, 3.05) is 13.2 Å². The van der Waals surface area contributed by atoms with Crippen LogP contribution in [0, 0.1) is 0 Å². The van der Waals surface area contributed by atoms with Crippen molar-refractivity contribution in [1.82, 2.24) is 0 Å². The first-order valence-corrected chi connectivity index (χ1v) is 21.4. The van der Waals surface area contributed by atoms with Gasteiger partial charge in [-0.25, -0.2) is 4.57 Å². The van der Waals surface area contributed by atoms with Crippen LogP contribution < -0.4 is 0 Å². The van der Waals surface area contributed by atoms with Crippen LogP contribution in [0.3, 0.4) is 0 Å². The summed E-state index contributed by atoms with van der Waals surface area (Å²) in [6.07, 6.45) is 56.4. The predicted octanol–water partition coefficient (Wildman–Crippen LogP) is 12.2. The summed E-state index contributed by atoms with van der Waals surface area (Å²) in [4.78, 5) is 42.8. The van der Waals surface area contributed by atoms with E-state index in [1.807, 2.05) is 6.08 Å². The maximum Gasteiger partial charge on any atom is 0.469 e. The van der Waals surface area contributed by atoms with Gasteiger partial charge in [-0.3, -0.25) is 14.1 Å². The van der Waals surface area contributed by atoms with Crippen LogP contribution in [-0.2, 0) is 28.2 Å². The second-order valence-corrected chi connectivity index (χ2v) is 13.7. The number of phosphoric acid groups is 1. The lowest BCUT2D eigenvalue weighted by Gasteiger charge is -2.18. The van der Waals surface area contributed by atoms with E-state index in [1.54, 1.807) is 0 Å². The molecule has 2 N–H and O–H groups in total. The van der Waals surface area contributed by atoms with Gasteiger partial charge in [-0.2, -0.15) is 0 Å². The molecule has 0 aromatic rings. The van der Waals surface area contributed by atoms with E-state index in [-0.39, 0.29) is 19.4 Å². The Kier molecular flexibility index (Phi) is 36.6. The van der Waals surface area contributed by atoms with Crippen LogP contribution in [-0.4, -0.2) is 41.0 Å². The molecule has 1 unspecified atom stereocenters. The zero-order valence-corrected chi connectivity index (χ0v) is 34.0. The first kappa shape index (κ1) is 50.5. The van der Waals surface area contributed by atoms with E-state index in [2.05, 4.69) is 134 Å². The fourth-order valence-electron chi connectivity index (χ4n) is 4.61. The summed E-state index contributed by atoms with van der Waals surface area (Å²) >= 11 is 0. The van der Waals surface area contributed by atoms with Gasteiger partial charge in [0.25, 0.3) is 0 Å². The first-order chi connectivity index (χ1) is 26.3. The molecule has 0 rings (SSSR count). The zero-order chi connectivity index (χ0) is 39.6. The van der Waals surface area contributed by atoms with Gasteiger partial charge in [0, 0.05) is 12.8 Å². The van der Waals surface area contributed by atoms with Crippen LogP contribution >= 0.6 is 7.82 Å². The summed E-state index contributed by atoms with van der Waals surface area (Å²) in [7, 11) is -4.79. The molecule has 0 aliphatic heterocycles. The first-order valence-electron chi connectivity index (χ1n) is 19.8. The highest BCUT2D eigenvalue weighted by Crippen LogP contribution is 2.35. The predicted molar refractivity (Wildman–Crippen MR) is 225 cm³/mol. The minimum absolute atomic E-state index is 0.152. The zero-order valence-electron chi connectivity index (χ0n) is 33.1. The van der Waals surface area contributed by atoms with Crippen LogP contribution in [0.15, 0.2) is 122 Å². The lowest BCUT2D eigenvalue weighted by atomic mass is 10.1. The molecule has 0 aliphatic carbocycles. The number of ether oxygens (including phenoxy) is 2. The average Bonchev–Trinajstić information content (AvgIpc) is 3.14. The molecule has 0 fully saturated rings. The Morgan fingerprint density at radius 1 is 0.481 bits per heavy atom. The monoisotopic (exact) mass is 768 g/mol. The number of hydrogen-bond donors (Lipinski definition) is 2. The van der Waals surface area contributed by atoms with Crippen LogP contribution in [0.25, 0.3) is 0 Å². The fourth-order valence-corrected chi connectivity index (χ4v) is 4.97. The number of hydrogen-bond acceptors (Lipinski definition) is 6. The number of phosphoric ester groups is 1. The molecule has 0 radical (unpaired) electrons. The lowest BCUT2D eigenvalue weighted by Crippen LogP contribution is -2.29. The fraction of sp³-hybridized carbons (Fsp3) is 0.511. The van der Waals surface area contributed by atoms with Crippen LogP contribution in [0.2, 0.25) is 0 Å². The number of rotatable bonds is 34. The summed E-state index contributed by atoms with van der Waals surface area (Å²) in [6.45, 7) is 3.35. The van der Waals surface area contributed by atoms with Crippen molar-refractivity contribution in [2.45, 2.75) is 136 Å². The van der Waals surface area contributed by atoms with E-state index in [0.717, 1.165) is 83.5 Å². The Morgan fingerprint density at radius 3 is 1.26 bits per heavy atom. The lowest BCUT2D eigenvalue weighted by molar-refractivity contribution is -0.161. The van der Waals surface area contributed by atoms with Gasteiger partial charge in [0.15, 0.2) is 6.10 Å². The summed E-state index contributed by atoms with van der Waals surface area (Å²) in [5, 5.41) is 0. The van der Waals surface area contributed by atoms with Gasteiger partial charge in [0.2, 0.25) is 0 Å². The molecule has 1 atom stereocenters. The topological polar surface area (TPSA) is 119 Å². The highest BCUT2D eigenvalue weighted by molar-refractivity contribution is 7.46. The molecule has 8 nitrogen and oxygen atoms in total.